The van der Waals surface area contributed by atoms with Crippen LogP contribution in [0, 0.1) is 17.8 Å². The minimum Gasteiger partial charge on any atom is -0.550 e. The van der Waals surface area contributed by atoms with Crippen LogP contribution >= 0.6 is 0 Å². The molecule has 4 atom stereocenters. The number of carboxylic acid groups (broad SMARTS) is 1. The lowest BCUT2D eigenvalue weighted by molar-refractivity contribution is -0.440. The van der Waals surface area contributed by atoms with Crippen molar-refractivity contribution in [1.29, 1.82) is 0 Å². The average Bonchev–Trinajstić information content (AvgIpc) is 2.44. The van der Waals surface area contributed by atoms with Gasteiger partial charge in [-0.3, -0.25) is 0 Å². The molecule has 0 aromatic rings. The molecule has 0 aromatic heterocycles. The lowest BCUT2D eigenvalue weighted by Gasteiger charge is -2.22. The van der Waals surface area contributed by atoms with Crippen molar-refractivity contribution in [1.82, 2.24) is 0 Å². The van der Waals surface area contributed by atoms with Crippen LogP contribution in [0.1, 0.15) is 6.42 Å². The molecule has 3 N–H and O–H groups in total. The van der Waals surface area contributed by atoms with Gasteiger partial charge in [0.05, 0.1) is 17.9 Å². The number of hydrogen-bond acceptors (Lipinski definition) is 2. The maximum absolute atomic E-state index is 10.6. The Bertz CT molecular complexity index is 224. The molecular weight excluding hydrogens is 142 g/mol. The van der Waals surface area contributed by atoms with Crippen LogP contribution in [0.15, 0.2) is 12.2 Å². The zero-order chi connectivity index (χ0) is 8.01. The van der Waals surface area contributed by atoms with E-state index in [4.69, 9.17) is 0 Å². The monoisotopic (exact) mass is 153 g/mol. The van der Waals surface area contributed by atoms with E-state index >= 15 is 0 Å². The number of quaternary nitrogens is 1. The first-order valence-electron chi connectivity index (χ1n) is 3.92. The Morgan fingerprint density at radius 2 is 2.09 bits per heavy atom. The van der Waals surface area contributed by atoms with Crippen molar-refractivity contribution in [2.24, 2.45) is 17.8 Å². The van der Waals surface area contributed by atoms with Gasteiger partial charge in [-0.2, -0.15) is 0 Å². The maximum atomic E-state index is 10.6. The molecule has 1 fully saturated rings. The van der Waals surface area contributed by atoms with Gasteiger partial charge in [-0.15, -0.1) is 0 Å². The number of fused-ring (bicyclic) bond motifs is 2. The van der Waals surface area contributed by atoms with E-state index in [1.807, 2.05) is 6.08 Å². The van der Waals surface area contributed by atoms with Crippen molar-refractivity contribution in [2.75, 3.05) is 0 Å². The van der Waals surface area contributed by atoms with Gasteiger partial charge in [0.25, 0.3) is 0 Å². The Hall–Kier alpha value is -0.830. The summed E-state index contributed by atoms with van der Waals surface area (Å²) < 4.78 is 0. The number of allylic oxidation sites excluding steroid dienone is 1. The van der Waals surface area contributed by atoms with Gasteiger partial charge in [0, 0.05) is 5.92 Å². The summed E-state index contributed by atoms with van der Waals surface area (Å²) in [5, 5.41) is 10.6. The zero-order valence-corrected chi connectivity index (χ0v) is 6.19. The summed E-state index contributed by atoms with van der Waals surface area (Å²) in [6.07, 6.45) is 5.04. The van der Waals surface area contributed by atoms with Gasteiger partial charge >= 0.3 is 0 Å². The average molecular weight is 153 g/mol. The molecule has 3 heteroatoms. The molecule has 2 rings (SSSR count). The molecule has 60 valence electrons. The van der Waals surface area contributed by atoms with Gasteiger partial charge in [0.15, 0.2) is 0 Å². The number of hydrogen-bond donors (Lipinski definition) is 1. The SMILES string of the molecule is [NH3+][C@H]1[C@@H](C(=O)[O-])[C@@H]2C=C[C@H]1C2. The van der Waals surface area contributed by atoms with E-state index in [9.17, 15) is 9.90 Å². The molecule has 2 bridgehead atoms. The number of carboxylic acids is 1. The maximum Gasteiger partial charge on any atom is 0.0994 e. The van der Waals surface area contributed by atoms with E-state index in [-0.39, 0.29) is 17.9 Å². The van der Waals surface area contributed by atoms with Crippen molar-refractivity contribution in [2.45, 2.75) is 12.5 Å². The Kier molecular flexibility index (Phi) is 1.29. The molecule has 2 aliphatic carbocycles. The van der Waals surface area contributed by atoms with E-state index in [0.29, 0.717) is 5.92 Å². The van der Waals surface area contributed by atoms with Crippen LogP contribution in [0.3, 0.4) is 0 Å². The molecule has 0 unspecified atom stereocenters. The summed E-state index contributed by atoms with van der Waals surface area (Å²) >= 11 is 0. The molecule has 11 heavy (non-hydrogen) atoms. The van der Waals surface area contributed by atoms with Crippen molar-refractivity contribution >= 4 is 5.97 Å². The van der Waals surface area contributed by atoms with Gasteiger partial charge < -0.3 is 15.6 Å². The quantitative estimate of drug-likeness (QED) is 0.450. The van der Waals surface area contributed by atoms with Crippen LogP contribution in [-0.4, -0.2) is 12.0 Å². The molecule has 1 saturated carbocycles. The zero-order valence-electron chi connectivity index (χ0n) is 6.19. The predicted molar refractivity (Wildman–Crippen MR) is 35.9 cm³/mol. The van der Waals surface area contributed by atoms with Crippen LogP contribution < -0.4 is 10.8 Å². The highest BCUT2D eigenvalue weighted by Gasteiger charge is 2.45. The van der Waals surface area contributed by atoms with Crippen LogP contribution in [0.2, 0.25) is 0 Å². The fourth-order valence-electron chi connectivity index (χ4n) is 2.27. The summed E-state index contributed by atoms with van der Waals surface area (Å²) in [6.45, 7) is 0. The molecule has 3 nitrogen and oxygen atoms in total. The smallest absolute Gasteiger partial charge is 0.0994 e. The third kappa shape index (κ3) is 0.807. The van der Waals surface area contributed by atoms with Gasteiger partial charge in [0.2, 0.25) is 0 Å². The summed E-state index contributed by atoms with van der Waals surface area (Å²) in [7, 11) is 0. The molecule has 0 aromatic carbocycles. The molecule has 0 saturated heterocycles. The van der Waals surface area contributed by atoms with Gasteiger partial charge in [0.1, 0.15) is 0 Å². The highest BCUT2D eigenvalue weighted by Crippen LogP contribution is 2.41. The Morgan fingerprint density at radius 1 is 1.45 bits per heavy atom. The topological polar surface area (TPSA) is 67.8 Å². The van der Waals surface area contributed by atoms with Crippen LogP contribution in [0.4, 0.5) is 0 Å². The summed E-state index contributed by atoms with van der Waals surface area (Å²) in [6, 6.07) is 0.0370. The van der Waals surface area contributed by atoms with Crippen LogP contribution in [-0.2, 0) is 4.79 Å². The lowest BCUT2D eigenvalue weighted by Crippen LogP contribution is -2.68. The van der Waals surface area contributed by atoms with E-state index in [1.54, 1.807) is 0 Å². The number of carbonyl (C=O) groups excluding carboxylic acids is 1. The number of aliphatic carboxylic acids is 1. The minimum absolute atomic E-state index is 0.0370. The van der Waals surface area contributed by atoms with Crippen molar-refractivity contribution in [3.05, 3.63) is 12.2 Å². The first kappa shape index (κ1) is 6.85. The highest BCUT2D eigenvalue weighted by atomic mass is 16.4. The first-order chi connectivity index (χ1) is 5.20. The highest BCUT2D eigenvalue weighted by molar-refractivity contribution is 5.70. The number of rotatable bonds is 1. The summed E-state index contributed by atoms with van der Waals surface area (Å²) in [4.78, 5) is 10.6. The molecule has 0 amide bonds. The lowest BCUT2D eigenvalue weighted by atomic mass is 9.90. The van der Waals surface area contributed by atoms with Crippen molar-refractivity contribution in [3.63, 3.8) is 0 Å². The van der Waals surface area contributed by atoms with E-state index < -0.39 is 5.97 Å². The molecule has 0 radical (unpaired) electrons. The van der Waals surface area contributed by atoms with E-state index in [2.05, 4.69) is 11.8 Å². The fourth-order valence-corrected chi connectivity index (χ4v) is 2.27. The van der Waals surface area contributed by atoms with E-state index in [1.165, 1.54) is 0 Å². The van der Waals surface area contributed by atoms with Crippen LogP contribution in [0.5, 0.6) is 0 Å². The summed E-state index contributed by atoms with van der Waals surface area (Å²) in [5.74, 6) is -0.665. The second-order valence-electron chi connectivity index (χ2n) is 3.46. The first-order valence-corrected chi connectivity index (χ1v) is 3.92. The molecular formula is C8H11NO2. The summed E-state index contributed by atoms with van der Waals surface area (Å²) in [5.41, 5.74) is 3.85. The Balaban J connectivity index is 2.25. The second kappa shape index (κ2) is 2.08. The van der Waals surface area contributed by atoms with Gasteiger partial charge in [-0.1, -0.05) is 12.2 Å². The third-order valence-corrected chi connectivity index (χ3v) is 2.89. The third-order valence-electron chi connectivity index (χ3n) is 2.89. The fraction of sp³-hybridized carbons (Fsp3) is 0.625. The Labute approximate surface area is 64.9 Å². The molecule has 2 aliphatic rings. The minimum atomic E-state index is -0.929. The van der Waals surface area contributed by atoms with Crippen LogP contribution in [0.25, 0.3) is 0 Å². The molecule has 0 aliphatic heterocycles. The number of carbonyl (C=O) groups is 1. The van der Waals surface area contributed by atoms with Crippen molar-refractivity contribution < 1.29 is 15.6 Å². The molecule has 0 spiro atoms. The van der Waals surface area contributed by atoms with Crippen molar-refractivity contribution in [3.8, 4) is 0 Å². The normalized spacial score (nSPS) is 46.6. The Morgan fingerprint density at radius 3 is 2.45 bits per heavy atom. The largest absolute Gasteiger partial charge is 0.550 e. The van der Waals surface area contributed by atoms with Gasteiger partial charge in [-0.05, 0) is 12.3 Å². The van der Waals surface area contributed by atoms with E-state index in [0.717, 1.165) is 6.42 Å². The predicted octanol–water partition coefficient (Wildman–Crippen LogP) is -1.83. The second-order valence-corrected chi connectivity index (χ2v) is 3.46. The standard InChI is InChI=1S/C8H11NO2/c9-7-5-2-1-4(3-5)6(7)8(10)11/h1-2,4-7H,3,9H2,(H,10,11)/t4-,5+,6+,7-/m1/s1. The molecule has 0 heterocycles. The van der Waals surface area contributed by atoms with Gasteiger partial charge in [-0.25, -0.2) is 0 Å².